The summed E-state index contributed by atoms with van der Waals surface area (Å²) in [5.74, 6) is -0.430. The van der Waals surface area contributed by atoms with Gasteiger partial charge in [0.25, 0.3) is 0 Å². The molecule has 1 N–H and O–H groups in total. The molecule has 2 aromatic carbocycles. The van der Waals surface area contributed by atoms with Crippen molar-refractivity contribution < 1.29 is 18.7 Å². The molecule has 6 nitrogen and oxygen atoms in total. The fourth-order valence-corrected chi connectivity index (χ4v) is 4.70. The zero-order valence-corrected chi connectivity index (χ0v) is 20.3. The van der Waals surface area contributed by atoms with E-state index in [1.807, 2.05) is 24.3 Å². The Hall–Kier alpha value is -3.07. The molecule has 0 spiro atoms. The molecule has 0 radical (unpaired) electrons. The number of rotatable bonds is 9. The topological polar surface area (TPSA) is 73.3 Å². The number of anilines is 2. The van der Waals surface area contributed by atoms with E-state index in [9.17, 15) is 9.18 Å². The van der Waals surface area contributed by atoms with Crippen LogP contribution in [0.1, 0.15) is 28.2 Å². The molecule has 2 aromatic heterocycles. The van der Waals surface area contributed by atoms with E-state index in [-0.39, 0.29) is 11.0 Å². The number of nitrogens with zero attached hydrogens (tertiary/aromatic N) is 2. The van der Waals surface area contributed by atoms with Crippen LogP contribution in [0, 0.1) is 5.82 Å². The van der Waals surface area contributed by atoms with Gasteiger partial charge in [-0.2, -0.15) is 0 Å². The van der Waals surface area contributed by atoms with Gasteiger partial charge in [0.2, 0.25) is 5.95 Å². The molecule has 4 rings (SSSR count). The predicted octanol–water partition coefficient (Wildman–Crippen LogP) is 6.65. The molecule has 176 valence electrons. The molecule has 0 unspecified atom stereocenters. The van der Waals surface area contributed by atoms with Gasteiger partial charge in [-0.05, 0) is 66.6 Å². The van der Waals surface area contributed by atoms with E-state index in [1.54, 1.807) is 19.4 Å². The summed E-state index contributed by atoms with van der Waals surface area (Å²) in [7, 11) is 3.06. The van der Waals surface area contributed by atoms with Crippen molar-refractivity contribution >= 4 is 50.6 Å². The van der Waals surface area contributed by atoms with Crippen LogP contribution in [0.5, 0.6) is 0 Å². The Morgan fingerprint density at radius 3 is 2.76 bits per heavy atom. The average molecular weight is 500 g/mol. The molecule has 0 bridgehead atoms. The van der Waals surface area contributed by atoms with Crippen LogP contribution in [0.4, 0.5) is 16.0 Å². The second kappa shape index (κ2) is 10.9. The molecule has 0 aliphatic rings. The Balaban J connectivity index is 1.67. The van der Waals surface area contributed by atoms with E-state index in [0.29, 0.717) is 23.1 Å². The number of benzene rings is 2. The quantitative estimate of drug-likeness (QED) is 0.205. The molecule has 0 aliphatic heterocycles. The SMILES string of the molecule is COCCCCc1nc(Nc2ccc(F)c(Cl)c2)ncc1-c1ccc2sc(C(=O)OC)cc2c1. The van der Waals surface area contributed by atoms with Crippen molar-refractivity contribution in [3.8, 4) is 11.1 Å². The third-order valence-corrected chi connectivity index (χ3v) is 6.66. The zero-order chi connectivity index (χ0) is 24.1. The number of thiophene rings is 1. The lowest BCUT2D eigenvalue weighted by Gasteiger charge is -2.12. The van der Waals surface area contributed by atoms with Crippen LogP contribution in [0.25, 0.3) is 21.2 Å². The minimum Gasteiger partial charge on any atom is -0.465 e. The standard InChI is InChI=1S/C25H23ClFN3O3S/c1-32-10-4-3-5-21-18(14-28-25(30-21)29-17-7-8-20(27)19(26)13-17)15-6-9-22-16(11-15)12-23(34-22)24(31)33-2/h6-9,11-14H,3-5,10H2,1-2H3,(H,28,29,30). The van der Waals surface area contributed by atoms with Crippen LogP contribution in [0.2, 0.25) is 5.02 Å². The van der Waals surface area contributed by atoms with E-state index in [4.69, 9.17) is 26.1 Å². The van der Waals surface area contributed by atoms with Crippen LogP contribution < -0.4 is 5.32 Å². The summed E-state index contributed by atoms with van der Waals surface area (Å²) in [6, 6.07) is 12.2. The molecule has 9 heteroatoms. The summed E-state index contributed by atoms with van der Waals surface area (Å²) >= 11 is 7.29. The molecule has 0 fully saturated rings. The number of aryl methyl sites for hydroxylation is 1. The van der Waals surface area contributed by atoms with E-state index in [1.165, 1.54) is 30.6 Å². The molecule has 2 heterocycles. The Kier molecular flexibility index (Phi) is 7.72. The van der Waals surface area contributed by atoms with Gasteiger partial charge in [0.15, 0.2) is 0 Å². The Morgan fingerprint density at radius 1 is 1.15 bits per heavy atom. The number of carbonyl (C=O) groups excluding carboxylic acids is 1. The first-order chi connectivity index (χ1) is 16.5. The van der Waals surface area contributed by atoms with Crippen molar-refractivity contribution in [3.05, 3.63) is 70.1 Å². The molecular weight excluding hydrogens is 477 g/mol. The third kappa shape index (κ3) is 5.52. The summed E-state index contributed by atoms with van der Waals surface area (Å²) in [6.45, 7) is 0.677. The van der Waals surface area contributed by atoms with Gasteiger partial charge < -0.3 is 14.8 Å². The number of ether oxygens (including phenoxy) is 2. The Bertz CT molecular complexity index is 1330. The lowest BCUT2D eigenvalue weighted by Crippen LogP contribution is -2.03. The number of halogens is 2. The summed E-state index contributed by atoms with van der Waals surface area (Å²) in [4.78, 5) is 21.7. The van der Waals surface area contributed by atoms with Gasteiger partial charge in [0.05, 0.1) is 17.8 Å². The number of fused-ring (bicyclic) bond motifs is 1. The van der Waals surface area contributed by atoms with Gasteiger partial charge >= 0.3 is 5.97 Å². The van der Waals surface area contributed by atoms with Gasteiger partial charge in [-0.25, -0.2) is 19.2 Å². The highest BCUT2D eigenvalue weighted by atomic mass is 35.5. The maximum atomic E-state index is 13.5. The van der Waals surface area contributed by atoms with E-state index < -0.39 is 5.82 Å². The fraction of sp³-hybridized carbons (Fsp3) is 0.240. The first kappa shape index (κ1) is 24.1. The second-order valence-corrected chi connectivity index (χ2v) is 9.10. The normalized spacial score (nSPS) is 11.1. The summed E-state index contributed by atoms with van der Waals surface area (Å²) in [6.07, 6.45) is 4.31. The first-order valence-electron chi connectivity index (χ1n) is 10.7. The monoisotopic (exact) mass is 499 g/mol. The number of carbonyl (C=O) groups is 1. The minimum absolute atomic E-state index is 0.0248. The Labute approximate surface area is 205 Å². The van der Waals surface area contributed by atoms with Gasteiger partial charge in [0.1, 0.15) is 10.7 Å². The van der Waals surface area contributed by atoms with E-state index in [2.05, 4.69) is 10.3 Å². The van der Waals surface area contributed by atoms with Crippen LogP contribution in [-0.2, 0) is 15.9 Å². The molecule has 0 saturated carbocycles. The highest BCUT2D eigenvalue weighted by molar-refractivity contribution is 7.20. The number of hydrogen-bond donors (Lipinski definition) is 1. The summed E-state index contributed by atoms with van der Waals surface area (Å²) in [5, 5.41) is 4.08. The van der Waals surface area contributed by atoms with Crippen LogP contribution in [0.15, 0.2) is 48.7 Å². The molecule has 0 saturated heterocycles. The fourth-order valence-electron chi connectivity index (χ4n) is 3.56. The maximum absolute atomic E-state index is 13.5. The highest BCUT2D eigenvalue weighted by Crippen LogP contribution is 2.32. The largest absolute Gasteiger partial charge is 0.465 e. The number of methoxy groups -OCH3 is 2. The summed E-state index contributed by atoms with van der Waals surface area (Å²) < 4.78 is 24.5. The minimum atomic E-state index is -0.485. The number of nitrogens with one attached hydrogen (secondary N) is 1. The van der Waals surface area contributed by atoms with Crippen molar-refractivity contribution in [2.45, 2.75) is 19.3 Å². The number of esters is 1. The van der Waals surface area contributed by atoms with Crippen molar-refractivity contribution in [1.82, 2.24) is 9.97 Å². The second-order valence-electron chi connectivity index (χ2n) is 7.61. The first-order valence-corrected chi connectivity index (χ1v) is 11.9. The van der Waals surface area contributed by atoms with Crippen LogP contribution in [-0.4, -0.2) is 36.8 Å². The van der Waals surface area contributed by atoms with E-state index >= 15 is 0 Å². The molecular formula is C25H23ClFN3O3S. The van der Waals surface area contributed by atoms with Gasteiger partial charge in [-0.3, -0.25) is 0 Å². The van der Waals surface area contributed by atoms with E-state index in [0.717, 1.165) is 46.2 Å². The van der Waals surface area contributed by atoms with Crippen molar-refractivity contribution in [2.24, 2.45) is 0 Å². The summed E-state index contributed by atoms with van der Waals surface area (Å²) in [5.41, 5.74) is 3.34. The average Bonchev–Trinajstić information content (AvgIpc) is 3.27. The van der Waals surface area contributed by atoms with Gasteiger partial charge in [-0.15, -0.1) is 11.3 Å². The highest BCUT2D eigenvalue weighted by Gasteiger charge is 2.14. The molecule has 0 atom stereocenters. The number of aromatic nitrogens is 2. The van der Waals surface area contributed by atoms with Crippen molar-refractivity contribution in [2.75, 3.05) is 26.1 Å². The zero-order valence-electron chi connectivity index (χ0n) is 18.7. The number of unbranched alkanes of at least 4 members (excludes halogenated alkanes) is 1. The molecule has 0 amide bonds. The lowest BCUT2D eigenvalue weighted by atomic mass is 10.0. The van der Waals surface area contributed by atoms with Crippen molar-refractivity contribution in [1.29, 1.82) is 0 Å². The molecule has 34 heavy (non-hydrogen) atoms. The third-order valence-electron chi connectivity index (χ3n) is 5.27. The number of hydrogen-bond acceptors (Lipinski definition) is 7. The predicted molar refractivity (Wildman–Crippen MR) is 134 cm³/mol. The molecule has 4 aromatic rings. The smallest absolute Gasteiger partial charge is 0.348 e. The van der Waals surface area contributed by atoms with Crippen LogP contribution in [0.3, 0.4) is 0 Å². The van der Waals surface area contributed by atoms with Crippen molar-refractivity contribution in [3.63, 3.8) is 0 Å². The lowest BCUT2D eigenvalue weighted by molar-refractivity contribution is 0.0606. The van der Waals surface area contributed by atoms with Crippen LogP contribution >= 0.6 is 22.9 Å². The maximum Gasteiger partial charge on any atom is 0.348 e. The van der Waals surface area contributed by atoms with Gasteiger partial charge in [-0.1, -0.05) is 17.7 Å². The Morgan fingerprint density at radius 2 is 2.00 bits per heavy atom. The van der Waals surface area contributed by atoms with Gasteiger partial charge in [0, 0.05) is 35.9 Å². The molecule has 0 aliphatic carbocycles.